The van der Waals surface area contributed by atoms with Crippen molar-refractivity contribution in [2.45, 2.75) is 32.6 Å². The number of halogens is 3. The maximum Gasteiger partial charge on any atom is 0.490 e. The molecule has 1 fully saturated rings. The Kier molecular flexibility index (Phi) is 11.5. The van der Waals surface area contributed by atoms with Crippen molar-refractivity contribution in [3.8, 4) is 11.5 Å². The standard InChI is InChI=1S/C28H33N3O3.C2HF3O2/c1-2-34-27-13-11-25(12-14-27)29-28(33)24-9-7-22(8-10-24)20-30-15-4-16-31(18-17-30)21-23-5-3-6-26(32)19-23;3-2(4,5)1(6)7/h3,5-14,19,32H,2,4,15-18,20-21H2,1H3,(H,29,33);(H,6,7). The van der Waals surface area contributed by atoms with E-state index in [9.17, 15) is 23.1 Å². The molecule has 3 N–H and O–H groups in total. The minimum Gasteiger partial charge on any atom is -0.508 e. The number of hydrogen-bond acceptors (Lipinski definition) is 6. The van der Waals surface area contributed by atoms with Gasteiger partial charge in [0.1, 0.15) is 11.5 Å². The number of phenols is 1. The van der Waals surface area contributed by atoms with Crippen LogP contribution in [-0.4, -0.2) is 70.9 Å². The van der Waals surface area contributed by atoms with Crippen LogP contribution in [0, 0.1) is 0 Å². The number of benzene rings is 3. The zero-order valence-electron chi connectivity index (χ0n) is 22.7. The molecule has 8 nitrogen and oxygen atoms in total. The molecule has 0 atom stereocenters. The number of amides is 1. The average Bonchev–Trinajstić information content (AvgIpc) is 3.15. The number of nitrogens with zero attached hydrogens (tertiary/aromatic N) is 2. The summed E-state index contributed by atoms with van der Waals surface area (Å²) in [5.41, 5.74) is 3.75. The van der Waals surface area contributed by atoms with Gasteiger partial charge in [-0.15, -0.1) is 0 Å². The fraction of sp³-hybridized carbons (Fsp3) is 0.333. The number of hydrogen-bond donors (Lipinski definition) is 3. The van der Waals surface area contributed by atoms with Crippen molar-refractivity contribution in [3.63, 3.8) is 0 Å². The van der Waals surface area contributed by atoms with Gasteiger partial charge < -0.3 is 20.3 Å². The van der Waals surface area contributed by atoms with Crippen LogP contribution >= 0.6 is 0 Å². The molecule has 220 valence electrons. The van der Waals surface area contributed by atoms with E-state index in [-0.39, 0.29) is 5.91 Å². The minimum absolute atomic E-state index is 0.118. The number of carboxylic acids is 1. The third kappa shape index (κ3) is 10.8. The number of anilines is 1. The number of aromatic hydroxyl groups is 1. The number of ether oxygens (including phenoxy) is 1. The molecular formula is C30H34F3N3O5. The van der Waals surface area contributed by atoms with Gasteiger partial charge in [-0.3, -0.25) is 14.6 Å². The lowest BCUT2D eigenvalue weighted by atomic mass is 10.1. The van der Waals surface area contributed by atoms with Crippen LogP contribution in [0.3, 0.4) is 0 Å². The maximum absolute atomic E-state index is 12.6. The first-order valence-electron chi connectivity index (χ1n) is 13.2. The van der Waals surface area contributed by atoms with Crippen LogP contribution in [0.15, 0.2) is 72.8 Å². The van der Waals surface area contributed by atoms with Gasteiger partial charge in [0.05, 0.1) is 6.61 Å². The summed E-state index contributed by atoms with van der Waals surface area (Å²) in [5.74, 6) is -1.76. The van der Waals surface area contributed by atoms with E-state index in [4.69, 9.17) is 14.6 Å². The summed E-state index contributed by atoms with van der Waals surface area (Å²) in [6.07, 6.45) is -3.97. The molecule has 0 saturated carbocycles. The molecule has 1 aliphatic rings. The molecule has 0 spiro atoms. The number of alkyl halides is 3. The second kappa shape index (κ2) is 15.1. The molecule has 1 heterocycles. The van der Waals surface area contributed by atoms with Gasteiger partial charge in [-0.2, -0.15) is 13.2 Å². The lowest BCUT2D eigenvalue weighted by Crippen LogP contribution is -2.30. The van der Waals surface area contributed by atoms with Crippen molar-refractivity contribution in [1.29, 1.82) is 0 Å². The first kappa shape index (κ1) is 31.4. The predicted molar refractivity (Wildman–Crippen MR) is 149 cm³/mol. The van der Waals surface area contributed by atoms with Crippen LogP contribution < -0.4 is 10.1 Å². The van der Waals surface area contributed by atoms with Crippen LogP contribution in [0.1, 0.15) is 34.8 Å². The Balaban J connectivity index is 0.000000587. The lowest BCUT2D eigenvalue weighted by Gasteiger charge is -2.22. The highest BCUT2D eigenvalue weighted by Gasteiger charge is 2.38. The van der Waals surface area contributed by atoms with Gasteiger partial charge in [0.25, 0.3) is 5.91 Å². The number of nitrogens with one attached hydrogen (secondary N) is 1. The summed E-state index contributed by atoms with van der Waals surface area (Å²) in [5, 5.41) is 19.8. The van der Waals surface area contributed by atoms with Crippen molar-refractivity contribution in [2.75, 3.05) is 38.1 Å². The van der Waals surface area contributed by atoms with Gasteiger partial charge in [-0.05, 0) is 86.1 Å². The Morgan fingerprint density at radius 2 is 1.46 bits per heavy atom. The highest BCUT2D eigenvalue weighted by Crippen LogP contribution is 2.18. The van der Waals surface area contributed by atoms with E-state index >= 15 is 0 Å². The second-order valence-corrected chi connectivity index (χ2v) is 9.49. The number of carbonyl (C=O) groups is 2. The SMILES string of the molecule is CCOc1ccc(NC(=O)c2ccc(CN3CCCN(Cc4cccc(O)c4)CC3)cc2)cc1.O=C(O)C(F)(F)F. The van der Waals surface area contributed by atoms with Gasteiger partial charge in [-0.1, -0.05) is 24.3 Å². The molecule has 0 radical (unpaired) electrons. The van der Waals surface area contributed by atoms with E-state index in [0.29, 0.717) is 17.9 Å². The van der Waals surface area contributed by atoms with Crippen molar-refractivity contribution in [1.82, 2.24) is 9.80 Å². The van der Waals surface area contributed by atoms with E-state index in [0.717, 1.165) is 62.7 Å². The van der Waals surface area contributed by atoms with E-state index in [1.165, 1.54) is 5.56 Å². The van der Waals surface area contributed by atoms with E-state index in [2.05, 4.69) is 21.2 Å². The van der Waals surface area contributed by atoms with E-state index in [1.54, 1.807) is 6.07 Å². The molecule has 0 bridgehead atoms. The largest absolute Gasteiger partial charge is 0.508 e. The van der Waals surface area contributed by atoms with Crippen LogP contribution in [0.4, 0.5) is 18.9 Å². The Labute approximate surface area is 237 Å². The van der Waals surface area contributed by atoms with Gasteiger partial charge in [-0.25, -0.2) is 4.79 Å². The molecule has 1 saturated heterocycles. The first-order chi connectivity index (χ1) is 19.5. The average molecular weight is 574 g/mol. The molecule has 41 heavy (non-hydrogen) atoms. The van der Waals surface area contributed by atoms with Gasteiger partial charge in [0.15, 0.2) is 0 Å². The monoisotopic (exact) mass is 573 g/mol. The zero-order chi connectivity index (χ0) is 29.8. The van der Waals surface area contributed by atoms with Gasteiger partial charge in [0, 0.05) is 37.4 Å². The molecule has 11 heteroatoms. The minimum atomic E-state index is -5.08. The molecule has 0 aliphatic carbocycles. The highest BCUT2D eigenvalue weighted by molar-refractivity contribution is 6.04. The first-order valence-corrected chi connectivity index (χ1v) is 13.2. The van der Waals surface area contributed by atoms with Gasteiger partial charge >= 0.3 is 12.1 Å². The fourth-order valence-electron chi connectivity index (χ4n) is 4.28. The summed E-state index contributed by atoms with van der Waals surface area (Å²) in [6.45, 7) is 8.40. The zero-order valence-corrected chi connectivity index (χ0v) is 22.7. The summed E-state index contributed by atoms with van der Waals surface area (Å²) < 4.78 is 37.2. The van der Waals surface area contributed by atoms with Gasteiger partial charge in [0.2, 0.25) is 0 Å². The predicted octanol–water partition coefficient (Wildman–Crippen LogP) is 5.38. The number of phenolic OH excluding ortho intramolecular Hbond substituents is 1. The Bertz CT molecular complexity index is 1270. The molecule has 1 amide bonds. The molecule has 0 aromatic heterocycles. The molecule has 4 rings (SSSR count). The Hall–Kier alpha value is -4.09. The summed E-state index contributed by atoms with van der Waals surface area (Å²) >= 11 is 0. The van der Waals surface area contributed by atoms with Crippen LogP contribution in [-0.2, 0) is 17.9 Å². The van der Waals surface area contributed by atoms with Crippen LogP contribution in [0.25, 0.3) is 0 Å². The molecule has 3 aromatic rings. The number of rotatable bonds is 8. The van der Waals surface area contributed by atoms with Crippen molar-refractivity contribution >= 4 is 17.6 Å². The molecule has 3 aromatic carbocycles. The Morgan fingerprint density at radius 3 is 2.00 bits per heavy atom. The smallest absolute Gasteiger partial charge is 0.490 e. The summed E-state index contributed by atoms with van der Waals surface area (Å²) in [6, 6.07) is 22.8. The number of aliphatic carboxylic acids is 1. The van der Waals surface area contributed by atoms with Crippen LogP contribution in [0.2, 0.25) is 0 Å². The lowest BCUT2D eigenvalue weighted by molar-refractivity contribution is -0.192. The van der Waals surface area contributed by atoms with Crippen molar-refractivity contribution in [2.24, 2.45) is 0 Å². The quantitative estimate of drug-likeness (QED) is 0.332. The molecule has 0 unspecified atom stereocenters. The third-order valence-electron chi connectivity index (χ3n) is 6.29. The van der Waals surface area contributed by atoms with Crippen molar-refractivity contribution < 1.29 is 37.7 Å². The topological polar surface area (TPSA) is 102 Å². The van der Waals surface area contributed by atoms with E-state index < -0.39 is 12.1 Å². The molecular weight excluding hydrogens is 539 g/mol. The number of carboxylic acid groups (broad SMARTS) is 1. The maximum atomic E-state index is 12.6. The number of carbonyl (C=O) groups excluding carboxylic acids is 1. The second-order valence-electron chi connectivity index (χ2n) is 9.49. The Morgan fingerprint density at radius 1 is 0.878 bits per heavy atom. The van der Waals surface area contributed by atoms with E-state index in [1.807, 2.05) is 67.6 Å². The normalized spacial score (nSPS) is 14.3. The molecule has 1 aliphatic heterocycles. The van der Waals surface area contributed by atoms with Crippen LogP contribution in [0.5, 0.6) is 11.5 Å². The highest BCUT2D eigenvalue weighted by atomic mass is 19.4. The van der Waals surface area contributed by atoms with Crippen molar-refractivity contribution in [3.05, 3.63) is 89.5 Å². The summed E-state index contributed by atoms with van der Waals surface area (Å²) in [4.78, 5) is 26.4. The fourth-order valence-corrected chi connectivity index (χ4v) is 4.28. The summed E-state index contributed by atoms with van der Waals surface area (Å²) in [7, 11) is 0. The third-order valence-corrected chi connectivity index (χ3v) is 6.29.